The topological polar surface area (TPSA) is 80.7 Å². The Kier molecular flexibility index (Phi) is 8.51. The number of hydrogen-bond donors (Lipinski definition) is 0. The summed E-state index contributed by atoms with van der Waals surface area (Å²) in [4.78, 5) is 22.5. The SMILES string of the molecule is CS(=O)[O-].O=CN1CC(F)C1.O=CN1CCC1. The first-order valence-electron chi connectivity index (χ1n) is 5.03. The summed E-state index contributed by atoms with van der Waals surface area (Å²) in [6.45, 7) is 2.54. The van der Waals surface area contributed by atoms with Gasteiger partial charge in [0, 0.05) is 13.1 Å². The quantitative estimate of drug-likeness (QED) is 0.481. The van der Waals surface area contributed by atoms with Crippen LogP contribution in [0.4, 0.5) is 4.39 Å². The Labute approximate surface area is 102 Å². The molecule has 0 saturated carbocycles. The monoisotopic (exact) mass is 267 g/mol. The second-order valence-corrected chi connectivity index (χ2v) is 4.36. The van der Waals surface area contributed by atoms with Crippen molar-refractivity contribution in [1.29, 1.82) is 0 Å². The summed E-state index contributed by atoms with van der Waals surface area (Å²) in [6.07, 6.45) is 3.07. The third kappa shape index (κ3) is 8.75. The van der Waals surface area contributed by atoms with E-state index < -0.39 is 17.3 Å². The van der Waals surface area contributed by atoms with Gasteiger partial charge in [0.1, 0.15) is 6.17 Å². The fraction of sp³-hybridized carbons (Fsp3) is 0.778. The molecule has 2 fully saturated rings. The molecule has 0 aromatic rings. The summed E-state index contributed by atoms with van der Waals surface area (Å²) < 4.78 is 29.8. The van der Waals surface area contributed by atoms with Gasteiger partial charge in [0.25, 0.3) is 0 Å². The van der Waals surface area contributed by atoms with E-state index in [0.717, 1.165) is 25.8 Å². The van der Waals surface area contributed by atoms with Crippen molar-refractivity contribution in [3.63, 3.8) is 0 Å². The van der Waals surface area contributed by atoms with Crippen LogP contribution in [0.5, 0.6) is 0 Å². The molecule has 6 nitrogen and oxygen atoms in total. The van der Waals surface area contributed by atoms with Crippen LogP contribution >= 0.6 is 0 Å². The fourth-order valence-corrected chi connectivity index (χ4v) is 0.988. The Hall–Kier alpha value is -1.02. The lowest BCUT2D eigenvalue weighted by Crippen LogP contribution is -2.47. The smallest absolute Gasteiger partial charge is 0.209 e. The predicted molar refractivity (Wildman–Crippen MR) is 59.6 cm³/mol. The first-order valence-corrected chi connectivity index (χ1v) is 6.51. The van der Waals surface area contributed by atoms with Gasteiger partial charge in [-0.3, -0.25) is 13.8 Å². The molecule has 2 saturated heterocycles. The third-order valence-electron chi connectivity index (χ3n) is 2.05. The number of amides is 2. The second-order valence-electron chi connectivity index (χ2n) is 3.55. The van der Waals surface area contributed by atoms with Crippen LogP contribution < -0.4 is 0 Å². The van der Waals surface area contributed by atoms with Gasteiger partial charge in [-0.05, 0) is 12.7 Å². The van der Waals surface area contributed by atoms with Crippen molar-refractivity contribution in [2.24, 2.45) is 0 Å². The number of halogens is 1. The molecule has 2 amide bonds. The highest BCUT2D eigenvalue weighted by atomic mass is 32.2. The molecule has 0 spiro atoms. The number of carbonyl (C=O) groups excluding carboxylic acids is 2. The molecule has 0 radical (unpaired) electrons. The highest BCUT2D eigenvalue weighted by molar-refractivity contribution is 7.78. The summed E-state index contributed by atoms with van der Waals surface area (Å²) in [6, 6.07) is 0. The van der Waals surface area contributed by atoms with Crippen LogP contribution in [0.2, 0.25) is 0 Å². The van der Waals surface area contributed by atoms with Gasteiger partial charge >= 0.3 is 0 Å². The van der Waals surface area contributed by atoms with Gasteiger partial charge in [-0.15, -0.1) is 0 Å². The molecule has 2 rings (SSSR count). The van der Waals surface area contributed by atoms with Crippen LogP contribution in [0.15, 0.2) is 0 Å². The zero-order chi connectivity index (χ0) is 13.3. The molecule has 100 valence electrons. The molecule has 1 atom stereocenters. The normalized spacial score (nSPS) is 19.5. The average Bonchev–Trinajstić information content (AvgIpc) is 2.11. The molecule has 0 N–H and O–H groups in total. The number of alkyl halides is 1. The molecule has 17 heavy (non-hydrogen) atoms. The minimum Gasteiger partial charge on any atom is -0.773 e. The van der Waals surface area contributed by atoms with E-state index in [0.29, 0.717) is 19.5 Å². The molecular weight excluding hydrogens is 251 g/mol. The Morgan fingerprint density at radius 1 is 1.24 bits per heavy atom. The van der Waals surface area contributed by atoms with Crippen molar-refractivity contribution >= 4 is 23.9 Å². The van der Waals surface area contributed by atoms with Gasteiger partial charge < -0.3 is 14.4 Å². The molecule has 0 aliphatic carbocycles. The Morgan fingerprint density at radius 2 is 1.65 bits per heavy atom. The van der Waals surface area contributed by atoms with Gasteiger partial charge in [-0.25, -0.2) is 4.39 Å². The number of nitrogens with zero attached hydrogens (tertiary/aromatic N) is 2. The van der Waals surface area contributed by atoms with Crippen molar-refractivity contribution < 1.29 is 22.7 Å². The highest BCUT2D eigenvalue weighted by Crippen LogP contribution is 2.06. The van der Waals surface area contributed by atoms with Gasteiger partial charge in [-0.1, -0.05) is 11.1 Å². The van der Waals surface area contributed by atoms with Crippen molar-refractivity contribution in [3.05, 3.63) is 0 Å². The molecule has 0 aromatic carbocycles. The van der Waals surface area contributed by atoms with Gasteiger partial charge in [0.05, 0.1) is 13.1 Å². The second kappa shape index (κ2) is 9.06. The van der Waals surface area contributed by atoms with E-state index in [1.807, 2.05) is 0 Å². The first-order chi connectivity index (χ1) is 7.99. The minimum absolute atomic E-state index is 0.295. The minimum atomic E-state index is -1.86. The highest BCUT2D eigenvalue weighted by Gasteiger charge is 2.23. The van der Waals surface area contributed by atoms with Crippen molar-refractivity contribution in [2.75, 3.05) is 32.4 Å². The molecule has 2 aliphatic heterocycles. The zero-order valence-corrected chi connectivity index (χ0v) is 10.4. The van der Waals surface area contributed by atoms with E-state index in [1.165, 1.54) is 11.3 Å². The summed E-state index contributed by atoms with van der Waals surface area (Å²) in [7, 11) is 0. The van der Waals surface area contributed by atoms with Crippen molar-refractivity contribution in [2.45, 2.75) is 12.6 Å². The average molecular weight is 267 g/mol. The fourth-order valence-electron chi connectivity index (χ4n) is 0.988. The van der Waals surface area contributed by atoms with E-state index in [2.05, 4.69) is 0 Å². The van der Waals surface area contributed by atoms with Crippen LogP contribution in [-0.2, 0) is 20.7 Å². The van der Waals surface area contributed by atoms with Gasteiger partial charge in [0.15, 0.2) is 0 Å². The zero-order valence-electron chi connectivity index (χ0n) is 9.58. The maximum absolute atomic E-state index is 11.8. The Balaban J connectivity index is 0.000000236. The van der Waals surface area contributed by atoms with Crippen LogP contribution in [0.3, 0.4) is 0 Å². The maximum Gasteiger partial charge on any atom is 0.209 e. The summed E-state index contributed by atoms with van der Waals surface area (Å²) >= 11 is -1.86. The van der Waals surface area contributed by atoms with Crippen molar-refractivity contribution in [3.8, 4) is 0 Å². The van der Waals surface area contributed by atoms with E-state index >= 15 is 0 Å². The molecule has 1 unspecified atom stereocenters. The van der Waals surface area contributed by atoms with Gasteiger partial charge in [0.2, 0.25) is 12.8 Å². The van der Waals surface area contributed by atoms with Crippen LogP contribution in [0, 0.1) is 0 Å². The van der Waals surface area contributed by atoms with E-state index in [-0.39, 0.29) is 0 Å². The maximum atomic E-state index is 11.8. The van der Waals surface area contributed by atoms with E-state index in [1.54, 1.807) is 4.90 Å². The Bertz CT molecular complexity index is 253. The molecule has 0 bridgehead atoms. The number of likely N-dealkylation sites (tertiary alicyclic amines) is 2. The lowest BCUT2D eigenvalue weighted by Gasteiger charge is -2.29. The molecular formula is C9H16FN2O4S-. The summed E-state index contributed by atoms with van der Waals surface area (Å²) in [5.41, 5.74) is 0. The van der Waals surface area contributed by atoms with Crippen LogP contribution in [-0.4, -0.2) is 70.0 Å². The van der Waals surface area contributed by atoms with Crippen LogP contribution in [0.1, 0.15) is 6.42 Å². The predicted octanol–water partition coefficient (Wildman–Crippen LogP) is -0.860. The van der Waals surface area contributed by atoms with Gasteiger partial charge in [-0.2, -0.15) is 0 Å². The lowest BCUT2D eigenvalue weighted by molar-refractivity contribution is -0.124. The first kappa shape index (κ1) is 16.0. The largest absolute Gasteiger partial charge is 0.773 e. The third-order valence-corrected chi connectivity index (χ3v) is 2.05. The number of rotatable bonds is 2. The van der Waals surface area contributed by atoms with E-state index in [4.69, 9.17) is 8.76 Å². The summed E-state index contributed by atoms with van der Waals surface area (Å²) in [5, 5.41) is 0. The summed E-state index contributed by atoms with van der Waals surface area (Å²) in [5.74, 6) is 0. The molecule has 2 heterocycles. The molecule has 8 heteroatoms. The number of carbonyl (C=O) groups is 2. The van der Waals surface area contributed by atoms with E-state index in [9.17, 15) is 14.0 Å². The molecule has 2 aliphatic rings. The number of hydrogen-bond acceptors (Lipinski definition) is 4. The lowest BCUT2D eigenvalue weighted by atomic mass is 10.2. The van der Waals surface area contributed by atoms with Crippen LogP contribution in [0.25, 0.3) is 0 Å². The molecule has 0 aromatic heterocycles. The standard InChI is InChI=1S/C4H6FNO.C4H7NO.CH4O2S/c5-4-1-6(2-4)3-7;6-4-5-2-1-3-5;1-4(2)3/h3-4H,1-2H2;4H,1-3H2;1H3,(H,2,3)/p-1. The van der Waals surface area contributed by atoms with Crippen molar-refractivity contribution in [1.82, 2.24) is 9.80 Å². The Morgan fingerprint density at radius 3 is 1.71 bits per heavy atom.